The standard InChI is InChI=1S/C14H19N3O/c18-14-15-10-13(16-14)11-6-8-17(9-7-11)12-4-2-1-3-5-12/h1-5,11,13H,6-10H2,(H2,15,16,18). The second-order valence-corrected chi connectivity index (χ2v) is 5.12. The molecule has 0 saturated carbocycles. The topological polar surface area (TPSA) is 44.4 Å². The Morgan fingerprint density at radius 2 is 1.83 bits per heavy atom. The third-order valence-corrected chi connectivity index (χ3v) is 4.03. The lowest BCUT2D eigenvalue weighted by molar-refractivity contribution is 0.244. The lowest BCUT2D eigenvalue weighted by Gasteiger charge is -2.35. The largest absolute Gasteiger partial charge is 0.372 e. The molecular weight excluding hydrogens is 226 g/mol. The Hall–Kier alpha value is -1.71. The number of nitrogens with one attached hydrogen (secondary N) is 2. The van der Waals surface area contributed by atoms with Crippen LogP contribution < -0.4 is 15.5 Å². The summed E-state index contributed by atoms with van der Waals surface area (Å²) in [5.74, 6) is 0.615. The second-order valence-electron chi connectivity index (χ2n) is 5.12. The molecule has 0 spiro atoms. The van der Waals surface area contributed by atoms with Gasteiger partial charge in [-0.2, -0.15) is 0 Å². The summed E-state index contributed by atoms with van der Waals surface area (Å²) in [6.07, 6.45) is 2.31. The highest BCUT2D eigenvalue weighted by molar-refractivity contribution is 5.76. The molecule has 2 aliphatic heterocycles. The van der Waals surface area contributed by atoms with Gasteiger partial charge in [0.2, 0.25) is 0 Å². The fourth-order valence-electron chi connectivity index (χ4n) is 2.96. The molecule has 1 unspecified atom stereocenters. The van der Waals surface area contributed by atoms with E-state index in [2.05, 4.69) is 45.9 Å². The number of carbonyl (C=O) groups is 1. The Bertz CT molecular complexity index is 412. The number of urea groups is 1. The predicted octanol–water partition coefficient (Wildman–Crippen LogP) is 1.58. The monoisotopic (exact) mass is 245 g/mol. The average Bonchev–Trinajstić information content (AvgIpc) is 2.87. The van der Waals surface area contributed by atoms with Gasteiger partial charge in [-0.1, -0.05) is 18.2 Å². The number of piperidine rings is 1. The van der Waals surface area contributed by atoms with Crippen LogP contribution in [0.2, 0.25) is 0 Å². The number of amides is 2. The molecule has 2 saturated heterocycles. The molecule has 2 amide bonds. The zero-order valence-corrected chi connectivity index (χ0v) is 10.4. The summed E-state index contributed by atoms with van der Waals surface area (Å²) in [5.41, 5.74) is 1.31. The Labute approximate surface area is 107 Å². The van der Waals surface area contributed by atoms with Gasteiger partial charge in [-0.25, -0.2) is 4.79 Å². The van der Waals surface area contributed by atoms with Gasteiger partial charge in [0.1, 0.15) is 0 Å². The lowest BCUT2D eigenvalue weighted by Crippen LogP contribution is -2.42. The Balaban J connectivity index is 1.57. The van der Waals surface area contributed by atoms with Crippen molar-refractivity contribution in [2.75, 3.05) is 24.5 Å². The van der Waals surface area contributed by atoms with E-state index in [0.717, 1.165) is 32.5 Å². The van der Waals surface area contributed by atoms with Gasteiger partial charge in [0.25, 0.3) is 0 Å². The van der Waals surface area contributed by atoms with Crippen LogP contribution >= 0.6 is 0 Å². The molecule has 2 aliphatic rings. The molecule has 1 aromatic carbocycles. The van der Waals surface area contributed by atoms with Gasteiger partial charge >= 0.3 is 6.03 Å². The van der Waals surface area contributed by atoms with Crippen LogP contribution in [0.5, 0.6) is 0 Å². The third-order valence-electron chi connectivity index (χ3n) is 4.03. The first-order valence-electron chi connectivity index (χ1n) is 6.67. The minimum Gasteiger partial charge on any atom is -0.372 e. The van der Waals surface area contributed by atoms with Crippen LogP contribution in [0.1, 0.15) is 12.8 Å². The molecule has 0 radical (unpaired) electrons. The van der Waals surface area contributed by atoms with Crippen molar-refractivity contribution >= 4 is 11.7 Å². The van der Waals surface area contributed by atoms with E-state index in [1.54, 1.807) is 0 Å². The van der Waals surface area contributed by atoms with Crippen molar-refractivity contribution in [3.8, 4) is 0 Å². The SMILES string of the molecule is O=C1NCC(C2CCN(c3ccccc3)CC2)N1. The summed E-state index contributed by atoms with van der Waals surface area (Å²) in [6, 6.07) is 10.9. The molecule has 0 aliphatic carbocycles. The van der Waals surface area contributed by atoms with Crippen molar-refractivity contribution < 1.29 is 4.79 Å². The summed E-state index contributed by atoms with van der Waals surface area (Å²) >= 11 is 0. The maximum atomic E-state index is 11.1. The molecule has 1 atom stereocenters. The lowest BCUT2D eigenvalue weighted by atomic mass is 9.89. The molecule has 4 heteroatoms. The number of hydrogen-bond donors (Lipinski definition) is 2. The Morgan fingerprint density at radius 3 is 2.44 bits per heavy atom. The van der Waals surface area contributed by atoms with Crippen LogP contribution in [0.25, 0.3) is 0 Å². The molecule has 18 heavy (non-hydrogen) atoms. The Kier molecular flexibility index (Phi) is 3.09. The number of anilines is 1. The molecule has 4 nitrogen and oxygen atoms in total. The van der Waals surface area contributed by atoms with E-state index in [9.17, 15) is 4.79 Å². The first kappa shape index (κ1) is 11.4. The van der Waals surface area contributed by atoms with Gasteiger partial charge < -0.3 is 15.5 Å². The number of rotatable bonds is 2. The number of para-hydroxylation sites is 1. The minimum absolute atomic E-state index is 0.00881. The van der Waals surface area contributed by atoms with Gasteiger partial charge in [0, 0.05) is 25.3 Å². The van der Waals surface area contributed by atoms with Crippen LogP contribution in [0.15, 0.2) is 30.3 Å². The fourth-order valence-corrected chi connectivity index (χ4v) is 2.96. The van der Waals surface area contributed by atoms with Gasteiger partial charge in [-0.05, 0) is 30.9 Å². The number of carbonyl (C=O) groups excluding carboxylic acids is 1. The van der Waals surface area contributed by atoms with Crippen molar-refractivity contribution in [1.29, 1.82) is 0 Å². The number of benzene rings is 1. The fraction of sp³-hybridized carbons (Fsp3) is 0.500. The molecule has 2 heterocycles. The summed E-state index contributed by atoms with van der Waals surface area (Å²) < 4.78 is 0. The van der Waals surface area contributed by atoms with E-state index in [-0.39, 0.29) is 6.03 Å². The van der Waals surface area contributed by atoms with Gasteiger partial charge in [0.15, 0.2) is 0 Å². The van der Waals surface area contributed by atoms with E-state index < -0.39 is 0 Å². The normalized spacial score (nSPS) is 24.8. The smallest absolute Gasteiger partial charge is 0.315 e. The van der Waals surface area contributed by atoms with Crippen LogP contribution in [0.4, 0.5) is 10.5 Å². The maximum Gasteiger partial charge on any atom is 0.315 e. The van der Waals surface area contributed by atoms with Gasteiger partial charge in [0.05, 0.1) is 6.04 Å². The van der Waals surface area contributed by atoms with Crippen molar-refractivity contribution in [3.05, 3.63) is 30.3 Å². The van der Waals surface area contributed by atoms with Crippen LogP contribution in [-0.2, 0) is 0 Å². The van der Waals surface area contributed by atoms with Crippen LogP contribution in [0.3, 0.4) is 0 Å². The van der Waals surface area contributed by atoms with Crippen molar-refractivity contribution in [2.24, 2.45) is 5.92 Å². The van der Waals surface area contributed by atoms with E-state index in [0.29, 0.717) is 12.0 Å². The average molecular weight is 245 g/mol. The predicted molar refractivity (Wildman–Crippen MR) is 71.7 cm³/mol. The molecular formula is C14H19N3O. The van der Waals surface area contributed by atoms with Gasteiger partial charge in [-0.15, -0.1) is 0 Å². The molecule has 2 N–H and O–H groups in total. The van der Waals surface area contributed by atoms with Crippen LogP contribution in [-0.4, -0.2) is 31.7 Å². The van der Waals surface area contributed by atoms with Gasteiger partial charge in [-0.3, -0.25) is 0 Å². The van der Waals surface area contributed by atoms with Crippen molar-refractivity contribution in [1.82, 2.24) is 10.6 Å². The van der Waals surface area contributed by atoms with E-state index in [1.165, 1.54) is 5.69 Å². The van der Waals surface area contributed by atoms with Crippen molar-refractivity contribution in [2.45, 2.75) is 18.9 Å². The second kappa shape index (κ2) is 4.88. The maximum absolute atomic E-state index is 11.1. The molecule has 96 valence electrons. The summed E-state index contributed by atoms with van der Waals surface area (Å²) in [7, 11) is 0. The highest BCUT2D eigenvalue weighted by Gasteiger charge is 2.31. The number of hydrogen-bond acceptors (Lipinski definition) is 2. The molecule has 0 bridgehead atoms. The van der Waals surface area contributed by atoms with Crippen molar-refractivity contribution in [3.63, 3.8) is 0 Å². The third kappa shape index (κ3) is 2.28. The molecule has 2 fully saturated rings. The number of nitrogens with zero attached hydrogens (tertiary/aromatic N) is 1. The van der Waals surface area contributed by atoms with E-state index >= 15 is 0 Å². The highest BCUT2D eigenvalue weighted by atomic mass is 16.2. The Morgan fingerprint density at radius 1 is 1.11 bits per heavy atom. The summed E-state index contributed by atoms with van der Waals surface area (Å²) in [5, 5.41) is 5.86. The summed E-state index contributed by atoms with van der Waals surface area (Å²) in [6.45, 7) is 2.96. The van der Waals surface area contributed by atoms with E-state index in [4.69, 9.17) is 0 Å². The molecule has 0 aromatic heterocycles. The van der Waals surface area contributed by atoms with Crippen LogP contribution in [0, 0.1) is 5.92 Å². The summed E-state index contributed by atoms with van der Waals surface area (Å²) in [4.78, 5) is 13.6. The molecule has 3 rings (SSSR count). The van der Waals surface area contributed by atoms with E-state index in [1.807, 2.05) is 0 Å². The zero-order chi connectivity index (χ0) is 12.4. The first-order chi connectivity index (χ1) is 8.83. The molecule has 1 aromatic rings. The first-order valence-corrected chi connectivity index (χ1v) is 6.67. The highest BCUT2D eigenvalue weighted by Crippen LogP contribution is 2.25. The minimum atomic E-state index is -0.00881. The quantitative estimate of drug-likeness (QED) is 0.831. The zero-order valence-electron chi connectivity index (χ0n) is 10.4.